The van der Waals surface area contributed by atoms with Gasteiger partial charge in [-0.2, -0.15) is 5.10 Å². The van der Waals surface area contributed by atoms with Gasteiger partial charge in [-0.1, -0.05) is 11.6 Å². The monoisotopic (exact) mass is 279 g/mol. The predicted molar refractivity (Wildman–Crippen MR) is 77.0 cm³/mol. The second-order valence-corrected chi connectivity index (χ2v) is 4.95. The molecule has 2 rings (SSSR count). The van der Waals surface area contributed by atoms with Crippen LogP contribution in [0.1, 0.15) is 17.0 Å². The largest absolute Gasteiger partial charge is 0.453 e. The summed E-state index contributed by atoms with van der Waals surface area (Å²) < 4.78 is 7.81. The van der Waals surface area contributed by atoms with Gasteiger partial charge in [0.25, 0.3) is 0 Å². The van der Waals surface area contributed by atoms with Crippen LogP contribution in [-0.4, -0.2) is 16.3 Å². The van der Waals surface area contributed by atoms with Crippen LogP contribution in [0.15, 0.2) is 18.2 Å². The molecule has 0 atom stereocenters. The van der Waals surface area contributed by atoms with E-state index < -0.39 is 0 Å². The number of hydrogen-bond donors (Lipinski definition) is 1. The Morgan fingerprint density at radius 1 is 1.37 bits per heavy atom. The summed E-state index contributed by atoms with van der Waals surface area (Å²) in [5, 5.41) is 5.03. The molecule has 1 heterocycles. The van der Waals surface area contributed by atoms with Crippen LogP contribution in [-0.2, 0) is 13.5 Å². The molecule has 102 valence electrons. The molecule has 0 saturated carbocycles. The van der Waals surface area contributed by atoms with Crippen LogP contribution in [0.2, 0.25) is 5.02 Å². The Bertz CT molecular complexity index is 593. The maximum atomic E-state index is 6.01. The van der Waals surface area contributed by atoms with E-state index in [0.29, 0.717) is 11.6 Å². The van der Waals surface area contributed by atoms with Gasteiger partial charge in [0.05, 0.1) is 5.69 Å². The molecule has 0 unspecified atom stereocenters. The lowest BCUT2D eigenvalue weighted by atomic mass is 10.1. The molecule has 5 heteroatoms. The number of nitrogens with zero attached hydrogens (tertiary/aromatic N) is 2. The van der Waals surface area contributed by atoms with Crippen molar-refractivity contribution < 1.29 is 4.74 Å². The van der Waals surface area contributed by atoms with Gasteiger partial charge in [0.1, 0.15) is 11.4 Å². The van der Waals surface area contributed by atoms with Gasteiger partial charge in [0.15, 0.2) is 5.75 Å². The van der Waals surface area contributed by atoms with E-state index in [2.05, 4.69) is 5.10 Å². The molecule has 0 spiro atoms. The smallest absolute Gasteiger partial charge is 0.171 e. The van der Waals surface area contributed by atoms with E-state index >= 15 is 0 Å². The highest BCUT2D eigenvalue weighted by molar-refractivity contribution is 6.30. The molecular formula is C14H18ClN3O. The molecule has 0 radical (unpaired) electrons. The van der Waals surface area contributed by atoms with Crippen molar-refractivity contribution in [2.75, 3.05) is 6.54 Å². The summed E-state index contributed by atoms with van der Waals surface area (Å²) in [7, 11) is 1.90. The fourth-order valence-electron chi connectivity index (χ4n) is 2.01. The lowest BCUT2D eigenvalue weighted by Crippen LogP contribution is -2.04. The highest BCUT2D eigenvalue weighted by Crippen LogP contribution is 2.31. The van der Waals surface area contributed by atoms with E-state index in [-0.39, 0.29) is 0 Å². The van der Waals surface area contributed by atoms with E-state index in [1.807, 2.05) is 43.8 Å². The van der Waals surface area contributed by atoms with Gasteiger partial charge >= 0.3 is 0 Å². The van der Waals surface area contributed by atoms with E-state index in [9.17, 15) is 0 Å². The Morgan fingerprint density at radius 2 is 2.11 bits per heavy atom. The average molecular weight is 280 g/mol. The van der Waals surface area contributed by atoms with Gasteiger partial charge < -0.3 is 10.5 Å². The average Bonchev–Trinajstić information content (AvgIpc) is 2.59. The van der Waals surface area contributed by atoms with Crippen LogP contribution in [0.3, 0.4) is 0 Å². The Hall–Kier alpha value is -1.52. The van der Waals surface area contributed by atoms with E-state index in [1.54, 1.807) is 0 Å². The molecule has 0 aliphatic heterocycles. The third kappa shape index (κ3) is 2.91. The fraction of sp³-hybridized carbons (Fsp3) is 0.357. The molecule has 0 bridgehead atoms. The van der Waals surface area contributed by atoms with Crippen molar-refractivity contribution in [3.05, 3.63) is 40.2 Å². The predicted octanol–water partition coefficient (Wildman–Crippen LogP) is 2.98. The Kier molecular flexibility index (Phi) is 4.12. The summed E-state index contributed by atoms with van der Waals surface area (Å²) >= 11 is 6.01. The summed E-state index contributed by atoms with van der Waals surface area (Å²) in [6.45, 7) is 4.47. The van der Waals surface area contributed by atoms with Crippen molar-refractivity contribution in [2.24, 2.45) is 12.8 Å². The van der Waals surface area contributed by atoms with Gasteiger partial charge in [0, 0.05) is 12.1 Å². The van der Waals surface area contributed by atoms with Crippen LogP contribution < -0.4 is 10.5 Å². The van der Waals surface area contributed by atoms with Gasteiger partial charge in [-0.15, -0.1) is 0 Å². The topological polar surface area (TPSA) is 53.1 Å². The van der Waals surface area contributed by atoms with Crippen LogP contribution in [0, 0.1) is 13.8 Å². The minimum Gasteiger partial charge on any atom is -0.453 e. The molecule has 0 amide bonds. The van der Waals surface area contributed by atoms with Crippen molar-refractivity contribution in [1.29, 1.82) is 0 Å². The summed E-state index contributed by atoms with van der Waals surface area (Å²) in [4.78, 5) is 0. The molecular weight excluding hydrogens is 262 g/mol. The zero-order valence-electron chi connectivity index (χ0n) is 11.4. The highest BCUT2D eigenvalue weighted by Gasteiger charge is 2.13. The zero-order valence-corrected chi connectivity index (χ0v) is 12.2. The first-order valence-electron chi connectivity index (χ1n) is 6.19. The Morgan fingerprint density at radius 3 is 2.68 bits per heavy atom. The second-order valence-electron chi connectivity index (χ2n) is 4.52. The Labute approximate surface area is 118 Å². The number of aromatic nitrogens is 2. The zero-order chi connectivity index (χ0) is 14.0. The molecule has 19 heavy (non-hydrogen) atoms. The van der Waals surface area contributed by atoms with Gasteiger partial charge in [-0.3, -0.25) is 4.68 Å². The molecule has 2 N–H and O–H groups in total. The van der Waals surface area contributed by atoms with Crippen molar-refractivity contribution in [2.45, 2.75) is 20.3 Å². The van der Waals surface area contributed by atoms with Crippen molar-refractivity contribution in [3.8, 4) is 11.5 Å². The van der Waals surface area contributed by atoms with Crippen molar-refractivity contribution in [1.82, 2.24) is 9.78 Å². The third-order valence-electron chi connectivity index (χ3n) is 3.09. The summed E-state index contributed by atoms with van der Waals surface area (Å²) in [6.07, 6.45) is 0.730. The SMILES string of the molecule is Cc1nn(C)c(C)c1Oc1ccc(Cl)cc1CCN. The number of hydrogen-bond acceptors (Lipinski definition) is 3. The lowest BCUT2D eigenvalue weighted by Gasteiger charge is -2.11. The van der Waals surface area contributed by atoms with Gasteiger partial charge in [0.2, 0.25) is 0 Å². The summed E-state index contributed by atoms with van der Waals surface area (Å²) in [6, 6.07) is 5.59. The van der Waals surface area contributed by atoms with Gasteiger partial charge in [-0.25, -0.2) is 0 Å². The highest BCUT2D eigenvalue weighted by atomic mass is 35.5. The van der Waals surface area contributed by atoms with E-state index in [1.165, 1.54) is 0 Å². The molecule has 0 aliphatic carbocycles. The molecule has 4 nitrogen and oxygen atoms in total. The summed E-state index contributed by atoms with van der Waals surface area (Å²) in [5.74, 6) is 1.58. The first kappa shape index (κ1) is 13.9. The van der Waals surface area contributed by atoms with Crippen LogP contribution in [0.5, 0.6) is 11.5 Å². The maximum Gasteiger partial charge on any atom is 0.171 e. The van der Waals surface area contributed by atoms with E-state index in [0.717, 1.165) is 34.9 Å². The lowest BCUT2D eigenvalue weighted by molar-refractivity contribution is 0.468. The molecule has 0 fully saturated rings. The Balaban J connectivity index is 2.37. The number of halogens is 1. The maximum absolute atomic E-state index is 6.01. The molecule has 0 aliphatic rings. The minimum atomic E-state index is 0.557. The third-order valence-corrected chi connectivity index (χ3v) is 3.33. The first-order valence-corrected chi connectivity index (χ1v) is 6.57. The minimum absolute atomic E-state index is 0.557. The van der Waals surface area contributed by atoms with Crippen LogP contribution in [0.4, 0.5) is 0 Å². The molecule has 0 saturated heterocycles. The second kappa shape index (κ2) is 5.63. The number of ether oxygens (including phenoxy) is 1. The number of aryl methyl sites for hydroxylation is 2. The van der Waals surface area contributed by atoms with Crippen molar-refractivity contribution in [3.63, 3.8) is 0 Å². The first-order chi connectivity index (χ1) is 9.02. The van der Waals surface area contributed by atoms with Crippen molar-refractivity contribution >= 4 is 11.6 Å². The molecule has 2 aromatic rings. The normalized spacial score (nSPS) is 10.8. The standard InChI is InChI=1S/C14H18ClN3O/c1-9-14(10(2)18(3)17-9)19-13-5-4-12(15)8-11(13)6-7-16/h4-5,8H,6-7,16H2,1-3H3. The van der Waals surface area contributed by atoms with Gasteiger partial charge in [-0.05, 0) is 50.6 Å². The quantitative estimate of drug-likeness (QED) is 0.936. The molecule has 1 aromatic carbocycles. The molecule has 1 aromatic heterocycles. The number of benzene rings is 1. The number of rotatable bonds is 4. The van der Waals surface area contributed by atoms with Crippen LogP contribution >= 0.6 is 11.6 Å². The van der Waals surface area contributed by atoms with E-state index in [4.69, 9.17) is 22.1 Å². The number of nitrogens with two attached hydrogens (primary N) is 1. The fourth-order valence-corrected chi connectivity index (χ4v) is 2.20. The summed E-state index contributed by atoms with van der Waals surface area (Å²) in [5.41, 5.74) is 8.49. The van der Waals surface area contributed by atoms with Crippen LogP contribution in [0.25, 0.3) is 0 Å².